The number of hydrogen-bond donors (Lipinski definition) is 4. The SMILES string of the molecule is N/C=C\N(N)c1cncc(COc2cc(OCc3cccn(-c4ccc5c(c4)OCCO5)c3=O)c(Cl)cc2CNCCO)c1. The van der Waals surface area contributed by atoms with Gasteiger partial charge in [0.25, 0.3) is 5.56 Å². The van der Waals surface area contributed by atoms with Crippen LogP contribution in [0.1, 0.15) is 16.7 Å². The maximum atomic E-state index is 13.4. The Kier molecular flexibility index (Phi) is 10.2. The van der Waals surface area contributed by atoms with Gasteiger partial charge >= 0.3 is 0 Å². The molecule has 0 saturated heterocycles. The number of pyridine rings is 2. The summed E-state index contributed by atoms with van der Waals surface area (Å²) in [6.45, 7) is 1.85. The van der Waals surface area contributed by atoms with Crippen LogP contribution in [-0.2, 0) is 19.8 Å². The van der Waals surface area contributed by atoms with Crippen molar-refractivity contribution in [3.05, 3.63) is 112 Å². The topological polar surface area (TPSA) is 159 Å². The first-order valence-electron chi connectivity index (χ1n) is 13.8. The van der Waals surface area contributed by atoms with E-state index in [1.165, 1.54) is 22.0 Å². The Balaban J connectivity index is 1.35. The van der Waals surface area contributed by atoms with E-state index in [1.807, 2.05) is 6.07 Å². The summed E-state index contributed by atoms with van der Waals surface area (Å²) in [5.41, 5.74) is 8.41. The molecule has 5 rings (SSSR count). The van der Waals surface area contributed by atoms with Gasteiger partial charge in [-0.1, -0.05) is 11.6 Å². The van der Waals surface area contributed by atoms with Crippen LogP contribution in [0.25, 0.3) is 5.69 Å². The highest BCUT2D eigenvalue weighted by Gasteiger charge is 2.16. The molecule has 1 aliphatic rings. The average Bonchev–Trinajstić information content (AvgIpc) is 3.04. The fourth-order valence-corrected chi connectivity index (χ4v) is 4.73. The molecule has 1 aliphatic heterocycles. The fraction of sp³-hybridized carbons (Fsp3) is 0.226. The number of benzene rings is 2. The molecule has 0 aliphatic carbocycles. The van der Waals surface area contributed by atoms with E-state index in [9.17, 15) is 9.90 Å². The Morgan fingerprint density at radius 2 is 1.86 bits per heavy atom. The summed E-state index contributed by atoms with van der Waals surface area (Å²) in [6.07, 6.45) is 7.79. The zero-order valence-electron chi connectivity index (χ0n) is 23.8. The van der Waals surface area contributed by atoms with Gasteiger partial charge in [0.05, 0.1) is 34.8 Å². The van der Waals surface area contributed by atoms with Crippen LogP contribution in [-0.4, -0.2) is 41.0 Å². The van der Waals surface area contributed by atoms with Gasteiger partial charge in [-0.3, -0.25) is 19.4 Å². The second-order valence-electron chi connectivity index (χ2n) is 9.70. The number of nitrogens with two attached hydrogens (primary N) is 2. The third-order valence-corrected chi connectivity index (χ3v) is 6.95. The van der Waals surface area contributed by atoms with Gasteiger partial charge in [-0.15, -0.1) is 0 Å². The first-order chi connectivity index (χ1) is 21.5. The van der Waals surface area contributed by atoms with E-state index in [0.29, 0.717) is 71.3 Å². The number of aliphatic hydroxyl groups excluding tert-OH is 1. The Bertz CT molecular complexity index is 1680. The number of hydrogen-bond acceptors (Lipinski definition) is 11. The van der Waals surface area contributed by atoms with E-state index in [1.54, 1.807) is 61.1 Å². The lowest BCUT2D eigenvalue weighted by Gasteiger charge is -2.19. The van der Waals surface area contributed by atoms with Crippen LogP contribution in [0, 0.1) is 0 Å². The van der Waals surface area contributed by atoms with Crippen LogP contribution in [0.5, 0.6) is 23.0 Å². The minimum Gasteiger partial charge on any atom is -0.488 e. The molecule has 12 nitrogen and oxygen atoms in total. The number of fused-ring (bicyclic) bond motifs is 1. The van der Waals surface area contributed by atoms with Crippen molar-refractivity contribution in [3.63, 3.8) is 0 Å². The molecule has 44 heavy (non-hydrogen) atoms. The number of anilines is 1. The number of aliphatic hydroxyl groups is 1. The molecule has 0 fully saturated rings. The van der Waals surface area contributed by atoms with E-state index in [4.69, 9.17) is 42.1 Å². The van der Waals surface area contributed by atoms with Crippen LogP contribution < -0.4 is 46.4 Å². The van der Waals surface area contributed by atoms with E-state index in [2.05, 4.69) is 10.3 Å². The molecule has 0 bridgehead atoms. The van der Waals surface area contributed by atoms with E-state index >= 15 is 0 Å². The van der Waals surface area contributed by atoms with Crippen LogP contribution in [0.15, 0.2) is 84.3 Å². The van der Waals surface area contributed by atoms with Crippen LogP contribution in [0.3, 0.4) is 0 Å². The molecule has 230 valence electrons. The quantitative estimate of drug-likeness (QED) is 0.0988. The van der Waals surface area contributed by atoms with Gasteiger partial charge in [0.1, 0.15) is 37.9 Å². The molecule has 4 aromatic rings. The van der Waals surface area contributed by atoms with Gasteiger partial charge in [0, 0.05) is 61.1 Å². The van der Waals surface area contributed by atoms with Crippen molar-refractivity contribution in [1.82, 2.24) is 14.9 Å². The highest BCUT2D eigenvalue weighted by atomic mass is 35.5. The Labute approximate surface area is 259 Å². The number of aromatic nitrogens is 2. The van der Waals surface area contributed by atoms with Crippen molar-refractivity contribution >= 4 is 17.3 Å². The summed E-state index contributed by atoms with van der Waals surface area (Å²) in [5.74, 6) is 8.04. The maximum absolute atomic E-state index is 13.4. The molecule has 6 N–H and O–H groups in total. The average molecular weight is 621 g/mol. The molecule has 0 radical (unpaired) electrons. The largest absolute Gasteiger partial charge is 0.488 e. The minimum absolute atomic E-state index is 0.0166. The van der Waals surface area contributed by atoms with Gasteiger partial charge in [-0.05, 0) is 36.4 Å². The highest BCUT2D eigenvalue weighted by Crippen LogP contribution is 2.34. The number of hydrazine groups is 1. The second-order valence-corrected chi connectivity index (χ2v) is 10.1. The monoisotopic (exact) mass is 620 g/mol. The first kappa shape index (κ1) is 30.7. The van der Waals surface area contributed by atoms with Crippen LogP contribution in [0.2, 0.25) is 5.02 Å². The van der Waals surface area contributed by atoms with E-state index in [-0.39, 0.29) is 25.4 Å². The number of ether oxygens (including phenoxy) is 4. The Morgan fingerprint density at radius 1 is 1.05 bits per heavy atom. The molecular weight excluding hydrogens is 588 g/mol. The third-order valence-electron chi connectivity index (χ3n) is 6.65. The lowest BCUT2D eigenvalue weighted by molar-refractivity contribution is 0.171. The van der Waals surface area contributed by atoms with Crippen molar-refractivity contribution in [3.8, 4) is 28.7 Å². The van der Waals surface area contributed by atoms with Gasteiger partial charge in [0.15, 0.2) is 11.5 Å². The van der Waals surface area contributed by atoms with E-state index in [0.717, 1.165) is 11.1 Å². The Hall–Kier alpha value is -4.75. The third kappa shape index (κ3) is 7.41. The summed E-state index contributed by atoms with van der Waals surface area (Å²) in [7, 11) is 0. The van der Waals surface area contributed by atoms with Gasteiger partial charge < -0.3 is 35.1 Å². The number of halogens is 1. The van der Waals surface area contributed by atoms with Gasteiger partial charge in [-0.2, -0.15) is 0 Å². The van der Waals surface area contributed by atoms with Crippen LogP contribution in [0.4, 0.5) is 5.69 Å². The molecule has 0 saturated carbocycles. The molecule has 3 heterocycles. The normalized spacial score (nSPS) is 12.3. The van der Waals surface area contributed by atoms with Crippen molar-refractivity contribution in [1.29, 1.82) is 0 Å². The van der Waals surface area contributed by atoms with Crippen molar-refractivity contribution < 1.29 is 24.1 Å². The molecule has 0 spiro atoms. The van der Waals surface area contributed by atoms with E-state index < -0.39 is 0 Å². The van der Waals surface area contributed by atoms with Gasteiger partial charge in [-0.25, -0.2) is 5.84 Å². The number of nitrogens with one attached hydrogen (secondary N) is 1. The highest BCUT2D eigenvalue weighted by molar-refractivity contribution is 6.32. The summed E-state index contributed by atoms with van der Waals surface area (Å²) in [5, 5.41) is 14.0. The summed E-state index contributed by atoms with van der Waals surface area (Å²) >= 11 is 6.60. The predicted molar refractivity (Wildman–Crippen MR) is 166 cm³/mol. The summed E-state index contributed by atoms with van der Waals surface area (Å²) < 4.78 is 25.0. The van der Waals surface area contributed by atoms with Crippen molar-refractivity contribution in [2.75, 3.05) is 31.4 Å². The molecule has 0 atom stereocenters. The molecule has 0 unspecified atom stereocenters. The summed E-state index contributed by atoms with van der Waals surface area (Å²) in [4.78, 5) is 17.6. The second kappa shape index (κ2) is 14.6. The fourth-order valence-electron chi connectivity index (χ4n) is 4.48. The standard InChI is InChI=1S/C31H33ClN6O6/c32-26-13-23(17-35-6-9-39)28(43-19-21-12-25(18-36-16-21)38(34)8-5-33)15-29(26)44-20-22-2-1-7-37(31(22)40)24-3-4-27-30(14-24)42-11-10-41-27/h1-5,7-8,12-16,18,35,39H,6,9-11,17,19-20,33-34H2/b8-5-. The lowest BCUT2D eigenvalue weighted by Crippen LogP contribution is -2.24. The molecule has 0 amide bonds. The molecule has 13 heteroatoms. The first-order valence-corrected chi connectivity index (χ1v) is 14.2. The number of nitrogens with zero attached hydrogens (tertiary/aromatic N) is 3. The van der Waals surface area contributed by atoms with Gasteiger partial charge in [0.2, 0.25) is 0 Å². The lowest BCUT2D eigenvalue weighted by atomic mass is 10.1. The molecule has 2 aromatic heterocycles. The van der Waals surface area contributed by atoms with Crippen molar-refractivity contribution in [2.24, 2.45) is 11.6 Å². The maximum Gasteiger partial charge on any atom is 0.261 e. The molecular formula is C31H33ClN6O6. The zero-order valence-corrected chi connectivity index (χ0v) is 24.6. The van der Waals surface area contributed by atoms with Crippen LogP contribution >= 0.6 is 11.6 Å². The smallest absolute Gasteiger partial charge is 0.261 e. The predicted octanol–water partition coefficient (Wildman–Crippen LogP) is 3.01. The zero-order chi connectivity index (χ0) is 30.9. The van der Waals surface area contributed by atoms with Crippen molar-refractivity contribution in [2.45, 2.75) is 19.8 Å². The minimum atomic E-state index is -0.243. The Morgan fingerprint density at radius 3 is 2.68 bits per heavy atom. The molecule has 2 aromatic carbocycles. The summed E-state index contributed by atoms with van der Waals surface area (Å²) in [6, 6.07) is 14.1. The number of rotatable bonds is 13.